The molecule has 2 rings (SSSR count). The maximum absolute atomic E-state index is 6.03. The zero-order valence-electron chi connectivity index (χ0n) is 10.9. The van der Waals surface area contributed by atoms with Crippen molar-refractivity contribution in [2.75, 3.05) is 27.2 Å². The Morgan fingerprint density at radius 2 is 2.28 bits per heavy atom. The van der Waals surface area contributed by atoms with Gasteiger partial charge in [0.05, 0.1) is 0 Å². The molecule has 0 spiro atoms. The predicted octanol–water partition coefficient (Wildman–Crippen LogP) is 3.70. The van der Waals surface area contributed by atoms with Gasteiger partial charge in [0.25, 0.3) is 0 Å². The second-order valence-corrected chi connectivity index (χ2v) is 6.34. The van der Waals surface area contributed by atoms with E-state index in [9.17, 15) is 0 Å². The van der Waals surface area contributed by atoms with Crippen LogP contribution >= 0.6 is 27.5 Å². The minimum absolute atomic E-state index is 0.470. The average molecular weight is 332 g/mol. The summed E-state index contributed by atoms with van der Waals surface area (Å²) in [5.74, 6) is 0.659. The number of nitrogens with zero attached hydrogens (tertiary/aromatic N) is 1. The number of benzene rings is 1. The van der Waals surface area contributed by atoms with Crippen LogP contribution in [0.1, 0.15) is 24.4 Å². The molecule has 0 saturated carbocycles. The summed E-state index contributed by atoms with van der Waals surface area (Å²) in [6, 6.07) is 6.61. The minimum Gasteiger partial charge on any atom is -0.319 e. The van der Waals surface area contributed by atoms with Gasteiger partial charge in [-0.2, -0.15) is 0 Å². The molecule has 1 saturated heterocycles. The number of halogens is 2. The Labute approximate surface area is 123 Å². The standard InChI is InChI=1S/C14H20BrClN2/c1-17-9-10-4-3-7-18(2)14(10)12-6-5-11(16)8-13(12)15/h5-6,8,10,14,17H,3-4,7,9H2,1-2H3. The number of rotatable bonds is 3. The summed E-state index contributed by atoms with van der Waals surface area (Å²) < 4.78 is 1.12. The van der Waals surface area contributed by atoms with Crippen LogP contribution in [-0.2, 0) is 0 Å². The van der Waals surface area contributed by atoms with Crippen LogP contribution in [0.5, 0.6) is 0 Å². The summed E-state index contributed by atoms with van der Waals surface area (Å²) >= 11 is 9.69. The van der Waals surface area contributed by atoms with Crippen molar-refractivity contribution in [3.63, 3.8) is 0 Å². The molecule has 1 N–H and O–H groups in total. The first-order chi connectivity index (χ1) is 8.63. The molecule has 2 nitrogen and oxygen atoms in total. The van der Waals surface area contributed by atoms with Gasteiger partial charge in [-0.15, -0.1) is 0 Å². The van der Waals surface area contributed by atoms with E-state index in [-0.39, 0.29) is 0 Å². The van der Waals surface area contributed by atoms with Gasteiger partial charge in [-0.3, -0.25) is 4.90 Å². The van der Waals surface area contributed by atoms with Crippen molar-refractivity contribution in [1.29, 1.82) is 0 Å². The molecule has 1 fully saturated rings. The lowest BCUT2D eigenvalue weighted by Gasteiger charge is -2.40. The fourth-order valence-corrected chi connectivity index (χ4v) is 3.89. The molecule has 0 aliphatic carbocycles. The SMILES string of the molecule is CNCC1CCCN(C)C1c1ccc(Cl)cc1Br. The van der Waals surface area contributed by atoms with Crippen molar-refractivity contribution >= 4 is 27.5 Å². The molecule has 4 heteroatoms. The Morgan fingerprint density at radius 3 is 2.94 bits per heavy atom. The fraction of sp³-hybridized carbons (Fsp3) is 0.571. The summed E-state index contributed by atoms with van der Waals surface area (Å²) in [6.07, 6.45) is 2.56. The van der Waals surface area contributed by atoms with E-state index < -0.39 is 0 Å². The topological polar surface area (TPSA) is 15.3 Å². The van der Waals surface area contributed by atoms with Gasteiger partial charge in [-0.25, -0.2) is 0 Å². The second-order valence-electron chi connectivity index (χ2n) is 5.05. The lowest BCUT2D eigenvalue weighted by atomic mass is 9.85. The molecule has 1 aromatic carbocycles. The van der Waals surface area contributed by atoms with Gasteiger partial charge in [0.15, 0.2) is 0 Å². The number of piperidine rings is 1. The molecule has 1 aliphatic rings. The largest absolute Gasteiger partial charge is 0.319 e. The number of hydrogen-bond acceptors (Lipinski definition) is 2. The predicted molar refractivity (Wildman–Crippen MR) is 81.2 cm³/mol. The third-order valence-corrected chi connectivity index (χ3v) is 4.68. The van der Waals surface area contributed by atoms with Crippen LogP contribution in [0.15, 0.2) is 22.7 Å². The smallest absolute Gasteiger partial charge is 0.0417 e. The van der Waals surface area contributed by atoms with Crippen molar-refractivity contribution in [2.24, 2.45) is 5.92 Å². The van der Waals surface area contributed by atoms with Crippen LogP contribution in [0.25, 0.3) is 0 Å². The number of hydrogen-bond donors (Lipinski definition) is 1. The zero-order valence-corrected chi connectivity index (χ0v) is 13.3. The lowest BCUT2D eigenvalue weighted by molar-refractivity contribution is 0.120. The van der Waals surface area contributed by atoms with E-state index in [1.165, 1.54) is 24.9 Å². The van der Waals surface area contributed by atoms with Crippen molar-refractivity contribution in [3.8, 4) is 0 Å². The van der Waals surface area contributed by atoms with Gasteiger partial charge >= 0.3 is 0 Å². The van der Waals surface area contributed by atoms with Crippen LogP contribution in [0.4, 0.5) is 0 Å². The third kappa shape index (κ3) is 3.08. The third-order valence-electron chi connectivity index (χ3n) is 3.75. The van der Waals surface area contributed by atoms with Crippen LogP contribution in [0, 0.1) is 5.92 Å². The van der Waals surface area contributed by atoms with Crippen molar-refractivity contribution in [1.82, 2.24) is 10.2 Å². The lowest BCUT2D eigenvalue weighted by Crippen LogP contribution is -2.40. The molecule has 1 aliphatic heterocycles. The molecule has 0 bridgehead atoms. The Bertz CT molecular complexity index is 409. The Balaban J connectivity index is 2.31. The van der Waals surface area contributed by atoms with E-state index in [1.807, 2.05) is 19.2 Å². The average Bonchev–Trinajstić information content (AvgIpc) is 2.31. The minimum atomic E-state index is 0.470. The summed E-state index contributed by atoms with van der Waals surface area (Å²) in [5.41, 5.74) is 1.35. The highest BCUT2D eigenvalue weighted by Crippen LogP contribution is 2.38. The Morgan fingerprint density at radius 1 is 1.50 bits per heavy atom. The van der Waals surface area contributed by atoms with Gasteiger partial charge in [0.2, 0.25) is 0 Å². The first kappa shape index (κ1) is 14.3. The monoisotopic (exact) mass is 330 g/mol. The molecular weight excluding hydrogens is 312 g/mol. The second kappa shape index (κ2) is 6.38. The quantitative estimate of drug-likeness (QED) is 0.908. The highest BCUT2D eigenvalue weighted by molar-refractivity contribution is 9.10. The normalized spacial score (nSPS) is 25.3. The van der Waals surface area contributed by atoms with Crippen molar-refractivity contribution < 1.29 is 0 Å². The first-order valence-corrected chi connectivity index (χ1v) is 7.60. The highest BCUT2D eigenvalue weighted by atomic mass is 79.9. The molecule has 0 radical (unpaired) electrons. The fourth-order valence-electron chi connectivity index (χ4n) is 2.97. The highest BCUT2D eigenvalue weighted by Gasteiger charge is 2.31. The van der Waals surface area contributed by atoms with E-state index in [4.69, 9.17) is 11.6 Å². The van der Waals surface area contributed by atoms with Gasteiger partial charge in [0.1, 0.15) is 0 Å². The van der Waals surface area contributed by atoms with Gasteiger partial charge in [-0.1, -0.05) is 33.6 Å². The number of likely N-dealkylation sites (tertiary alicyclic amines) is 1. The molecular formula is C14H20BrClN2. The Kier molecular flexibility index (Phi) is 5.07. The molecule has 2 unspecified atom stereocenters. The summed E-state index contributed by atoms with van der Waals surface area (Å²) in [6.45, 7) is 2.23. The van der Waals surface area contributed by atoms with Crippen molar-refractivity contribution in [3.05, 3.63) is 33.3 Å². The maximum atomic E-state index is 6.03. The summed E-state index contributed by atoms with van der Waals surface area (Å²) in [4.78, 5) is 2.46. The van der Waals surface area contributed by atoms with Gasteiger partial charge in [-0.05, 0) is 63.6 Å². The molecule has 100 valence electrons. The van der Waals surface area contributed by atoms with E-state index >= 15 is 0 Å². The summed E-state index contributed by atoms with van der Waals surface area (Å²) in [7, 11) is 4.25. The Hall–Kier alpha value is -0.0900. The van der Waals surface area contributed by atoms with E-state index in [0.29, 0.717) is 12.0 Å². The van der Waals surface area contributed by atoms with Crippen LogP contribution in [0.3, 0.4) is 0 Å². The number of nitrogens with one attached hydrogen (secondary N) is 1. The van der Waals surface area contributed by atoms with Crippen molar-refractivity contribution in [2.45, 2.75) is 18.9 Å². The van der Waals surface area contributed by atoms with Gasteiger partial charge in [0, 0.05) is 15.5 Å². The van der Waals surface area contributed by atoms with E-state index in [1.54, 1.807) is 0 Å². The maximum Gasteiger partial charge on any atom is 0.0417 e. The van der Waals surface area contributed by atoms with E-state index in [0.717, 1.165) is 16.0 Å². The molecule has 1 heterocycles. The summed E-state index contributed by atoms with van der Waals surface area (Å²) in [5, 5.41) is 4.11. The van der Waals surface area contributed by atoms with Crippen LogP contribution in [0.2, 0.25) is 5.02 Å². The van der Waals surface area contributed by atoms with E-state index in [2.05, 4.69) is 39.3 Å². The molecule has 0 aromatic heterocycles. The molecule has 1 aromatic rings. The van der Waals surface area contributed by atoms with Crippen LogP contribution < -0.4 is 5.32 Å². The first-order valence-electron chi connectivity index (χ1n) is 6.43. The molecule has 18 heavy (non-hydrogen) atoms. The van der Waals surface area contributed by atoms with Gasteiger partial charge < -0.3 is 5.32 Å². The molecule has 2 atom stereocenters. The van der Waals surface area contributed by atoms with Crippen LogP contribution in [-0.4, -0.2) is 32.1 Å². The zero-order chi connectivity index (χ0) is 13.1. The molecule has 0 amide bonds.